The highest BCUT2D eigenvalue weighted by atomic mass is 28.4. The summed E-state index contributed by atoms with van der Waals surface area (Å²) < 4.78 is 13.2. The van der Waals surface area contributed by atoms with Crippen LogP contribution < -0.4 is 0 Å². The molecule has 0 aromatic carbocycles. The molecule has 2 N–H and O–H groups in total. The van der Waals surface area contributed by atoms with E-state index >= 15 is 0 Å². The molecule has 4 aliphatic rings. The topological polar surface area (TPSA) is 76.0 Å². The number of hydrogen-bond donors (Lipinski definition) is 2. The van der Waals surface area contributed by atoms with E-state index < -0.39 is 14.4 Å². The van der Waals surface area contributed by atoms with Crippen LogP contribution in [0.5, 0.6) is 0 Å². The summed E-state index contributed by atoms with van der Waals surface area (Å²) in [6, 6.07) is 0. The second kappa shape index (κ2) is 12.2. The van der Waals surface area contributed by atoms with Gasteiger partial charge >= 0.3 is 5.97 Å². The van der Waals surface area contributed by atoms with Crippen molar-refractivity contribution in [1.29, 1.82) is 0 Å². The van der Waals surface area contributed by atoms with Gasteiger partial charge in [-0.2, -0.15) is 0 Å². The van der Waals surface area contributed by atoms with Crippen LogP contribution in [0.15, 0.2) is 11.6 Å². The van der Waals surface area contributed by atoms with Gasteiger partial charge in [-0.3, -0.25) is 4.79 Å². The Morgan fingerprint density at radius 1 is 1.02 bits per heavy atom. The van der Waals surface area contributed by atoms with Gasteiger partial charge in [0.05, 0.1) is 6.10 Å². The number of aliphatic hydroxyl groups excluding tert-OH is 2. The van der Waals surface area contributed by atoms with Crippen molar-refractivity contribution in [2.75, 3.05) is 6.61 Å². The summed E-state index contributed by atoms with van der Waals surface area (Å²) in [6.45, 7) is 27.5. The molecular weight excluding hydrogens is 552 g/mol. The molecule has 0 aliphatic heterocycles. The van der Waals surface area contributed by atoms with Crippen LogP contribution in [0.1, 0.15) is 121 Å². The minimum atomic E-state index is -1.88. The largest absolute Gasteiger partial charge is 0.462 e. The average molecular weight is 619 g/mol. The van der Waals surface area contributed by atoms with Gasteiger partial charge in [0, 0.05) is 25.6 Å². The van der Waals surface area contributed by atoms with E-state index in [4.69, 9.17) is 9.16 Å². The Balaban J connectivity index is 1.66. The van der Waals surface area contributed by atoms with Crippen molar-refractivity contribution in [1.82, 2.24) is 0 Å². The molecule has 5 nitrogen and oxygen atoms in total. The zero-order valence-corrected chi connectivity index (χ0v) is 30.8. The number of rotatable bonds is 8. The number of ether oxygens (including phenoxy) is 1. The second-order valence-corrected chi connectivity index (χ2v) is 22.7. The van der Waals surface area contributed by atoms with E-state index in [2.05, 4.69) is 81.5 Å². The van der Waals surface area contributed by atoms with Crippen molar-refractivity contribution in [3.63, 3.8) is 0 Å². The Bertz CT molecular complexity index is 1040. The first-order valence-electron chi connectivity index (χ1n) is 17.5. The van der Waals surface area contributed by atoms with Crippen LogP contribution >= 0.6 is 0 Å². The molecule has 0 spiro atoms. The fraction of sp³-hybridized carbons (Fsp3) is 0.919. The summed E-state index contributed by atoms with van der Waals surface area (Å²) in [5.74, 6) is 1.29. The molecule has 0 saturated heterocycles. The fourth-order valence-electron chi connectivity index (χ4n) is 11.1. The molecule has 0 heterocycles. The van der Waals surface area contributed by atoms with Crippen LogP contribution in [0.25, 0.3) is 0 Å². The summed E-state index contributed by atoms with van der Waals surface area (Å²) in [4.78, 5) is 12.4. The number of hydrogen-bond acceptors (Lipinski definition) is 5. The molecule has 4 saturated carbocycles. The normalized spacial score (nSPS) is 43.7. The summed E-state index contributed by atoms with van der Waals surface area (Å²) in [5, 5.41) is 23.1. The molecule has 248 valence electrons. The lowest BCUT2D eigenvalue weighted by molar-refractivity contribution is -0.239. The predicted octanol–water partition coefficient (Wildman–Crippen LogP) is 8.54. The third-order valence-electron chi connectivity index (χ3n) is 14.4. The van der Waals surface area contributed by atoms with Crippen molar-refractivity contribution in [2.45, 2.75) is 157 Å². The van der Waals surface area contributed by atoms with Gasteiger partial charge < -0.3 is 19.4 Å². The molecule has 0 aromatic heterocycles. The Morgan fingerprint density at radius 2 is 1.67 bits per heavy atom. The monoisotopic (exact) mass is 618 g/mol. The van der Waals surface area contributed by atoms with Crippen LogP contribution in [0.4, 0.5) is 0 Å². The molecule has 0 amide bonds. The van der Waals surface area contributed by atoms with Gasteiger partial charge in [0.2, 0.25) is 0 Å². The predicted molar refractivity (Wildman–Crippen MR) is 178 cm³/mol. The van der Waals surface area contributed by atoms with Crippen molar-refractivity contribution in [3.8, 4) is 0 Å². The molecular formula is C37H66O5Si. The minimum Gasteiger partial charge on any atom is -0.462 e. The van der Waals surface area contributed by atoms with Gasteiger partial charge in [-0.1, -0.05) is 60.1 Å². The Kier molecular flexibility index (Phi) is 9.94. The van der Waals surface area contributed by atoms with Gasteiger partial charge in [0.25, 0.3) is 0 Å². The quantitative estimate of drug-likeness (QED) is 0.162. The van der Waals surface area contributed by atoms with Crippen LogP contribution in [0.3, 0.4) is 0 Å². The smallest absolute Gasteiger partial charge is 0.302 e. The molecule has 4 rings (SSSR count). The number of fused-ring (bicyclic) bond motifs is 5. The highest BCUT2D eigenvalue weighted by Gasteiger charge is 2.72. The molecule has 0 aromatic rings. The van der Waals surface area contributed by atoms with Crippen molar-refractivity contribution >= 4 is 14.3 Å². The molecule has 6 heteroatoms. The molecule has 0 radical (unpaired) electrons. The van der Waals surface area contributed by atoms with Gasteiger partial charge in [-0.05, 0) is 129 Å². The highest BCUT2D eigenvalue weighted by Crippen LogP contribution is 2.75. The first-order chi connectivity index (χ1) is 19.7. The Morgan fingerprint density at radius 3 is 2.23 bits per heavy atom. The van der Waals surface area contributed by atoms with Crippen LogP contribution in [-0.4, -0.2) is 49.4 Å². The molecule has 0 bridgehead atoms. The van der Waals surface area contributed by atoms with Crippen LogP contribution in [0.2, 0.25) is 18.1 Å². The first-order valence-corrected chi connectivity index (χ1v) is 20.4. The lowest BCUT2D eigenvalue weighted by Gasteiger charge is -2.69. The van der Waals surface area contributed by atoms with E-state index in [0.29, 0.717) is 17.9 Å². The zero-order valence-electron chi connectivity index (χ0n) is 29.8. The number of aliphatic hydroxyl groups is 2. The Hall–Kier alpha value is -0.693. The highest BCUT2D eigenvalue weighted by molar-refractivity contribution is 6.74. The standard InChI is InChI=1S/C37H66O5Si/c1-23(2)14-13-15-26(22-38)32-28-20-29(40)33-35(8)18-17-30(42-43(11,12)34(5,6)7)24(3)27(35)16-19-36(33,9)37(28,10)21-31(32)41-25(4)39/h14,24,26-33,38,40H,13,15-22H2,1-12H3/t24-,26+,27?,28?,29+,30+,31-,32+,33-,35-,36-,37-/m0/s1. The van der Waals surface area contributed by atoms with Crippen LogP contribution in [-0.2, 0) is 14.0 Å². The van der Waals surface area contributed by atoms with Crippen molar-refractivity contribution in [3.05, 3.63) is 11.6 Å². The Labute approximate surface area is 265 Å². The number of carbonyl (C=O) groups is 1. The summed E-state index contributed by atoms with van der Waals surface area (Å²) in [5.41, 5.74) is 1.19. The van der Waals surface area contributed by atoms with E-state index in [-0.39, 0.29) is 63.6 Å². The van der Waals surface area contributed by atoms with E-state index in [0.717, 1.165) is 51.4 Å². The maximum atomic E-state index is 12.4. The molecule has 2 unspecified atom stereocenters. The van der Waals surface area contributed by atoms with Crippen molar-refractivity contribution in [2.24, 2.45) is 51.8 Å². The lowest BCUT2D eigenvalue weighted by atomic mass is 9.36. The van der Waals surface area contributed by atoms with Gasteiger partial charge in [-0.15, -0.1) is 0 Å². The molecule has 43 heavy (non-hydrogen) atoms. The molecule has 4 fully saturated rings. The minimum absolute atomic E-state index is 0.0436. The van der Waals surface area contributed by atoms with Crippen molar-refractivity contribution < 1.29 is 24.2 Å². The number of allylic oxidation sites excluding steroid dienone is 2. The maximum absolute atomic E-state index is 12.4. The van der Waals surface area contributed by atoms with E-state index in [1.165, 1.54) is 12.5 Å². The number of esters is 1. The summed E-state index contributed by atoms with van der Waals surface area (Å²) in [7, 11) is -1.88. The van der Waals surface area contributed by atoms with E-state index in [1.54, 1.807) is 0 Å². The van der Waals surface area contributed by atoms with Gasteiger partial charge in [-0.25, -0.2) is 0 Å². The second-order valence-electron chi connectivity index (χ2n) is 17.9. The van der Waals surface area contributed by atoms with E-state index in [9.17, 15) is 15.0 Å². The van der Waals surface area contributed by atoms with E-state index in [1.807, 2.05) is 0 Å². The van der Waals surface area contributed by atoms with Gasteiger partial charge in [0.15, 0.2) is 8.32 Å². The average Bonchev–Trinajstić information content (AvgIpc) is 3.14. The first kappa shape index (κ1) is 35.2. The lowest BCUT2D eigenvalue weighted by Crippen LogP contribution is -2.66. The summed E-state index contributed by atoms with van der Waals surface area (Å²) >= 11 is 0. The van der Waals surface area contributed by atoms with Crippen LogP contribution in [0, 0.1) is 51.8 Å². The third-order valence-corrected chi connectivity index (χ3v) is 18.9. The van der Waals surface area contributed by atoms with Gasteiger partial charge in [0.1, 0.15) is 6.10 Å². The third kappa shape index (κ3) is 5.98. The zero-order chi connectivity index (χ0) is 32.3. The number of carbonyl (C=O) groups excluding carboxylic acids is 1. The fourth-order valence-corrected chi connectivity index (χ4v) is 12.6. The summed E-state index contributed by atoms with van der Waals surface area (Å²) in [6.07, 6.45) is 9.69. The molecule has 12 atom stereocenters. The molecule has 4 aliphatic carbocycles. The maximum Gasteiger partial charge on any atom is 0.302 e. The SMILES string of the molecule is CC(=O)O[C@H]1C[C@@]2(C)C(C[C@@H](O)[C@H]3[C@@]4(C)CC[C@@H](O[Si](C)(C)C(C)(C)C)[C@@H](C)C4CC[C@@]32C)[C@H]1[C@@H](CO)CCC=C(C)C.